The van der Waals surface area contributed by atoms with Gasteiger partial charge in [-0.05, 0) is 85.8 Å². The monoisotopic (exact) mass is 378 g/mol. The van der Waals surface area contributed by atoms with Crippen LogP contribution in [0, 0.1) is 23.7 Å². The third kappa shape index (κ3) is 2.65. The molecular formula is C24H26O4. The maximum absolute atomic E-state index is 12.5. The predicted molar refractivity (Wildman–Crippen MR) is 107 cm³/mol. The van der Waals surface area contributed by atoms with Crippen molar-refractivity contribution < 1.29 is 19.1 Å². The number of fused-ring (bicyclic) bond motifs is 4. The van der Waals surface area contributed by atoms with Gasteiger partial charge in [-0.1, -0.05) is 0 Å². The predicted octanol–water partition coefficient (Wildman–Crippen LogP) is 4.47. The highest BCUT2D eigenvalue weighted by Crippen LogP contribution is 2.48. The average Bonchev–Trinajstić information content (AvgIpc) is 3.47. The lowest BCUT2D eigenvalue weighted by Gasteiger charge is -2.16. The molecule has 0 saturated heterocycles. The van der Waals surface area contributed by atoms with E-state index in [0.29, 0.717) is 34.9 Å². The molecule has 4 saturated carbocycles. The molecule has 0 aromatic heterocycles. The number of allylic oxidation sites excluding steroid dienone is 2. The molecule has 4 aliphatic carbocycles. The molecule has 4 atom stereocenters. The average molecular weight is 378 g/mol. The van der Waals surface area contributed by atoms with Gasteiger partial charge in [-0.3, -0.25) is 9.59 Å². The van der Waals surface area contributed by atoms with Gasteiger partial charge in [0.15, 0.2) is 11.6 Å². The van der Waals surface area contributed by atoms with Gasteiger partial charge in [-0.2, -0.15) is 0 Å². The summed E-state index contributed by atoms with van der Waals surface area (Å²) in [6, 6.07) is 3.88. The summed E-state index contributed by atoms with van der Waals surface area (Å²) in [5, 5.41) is 0. The fraction of sp³-hybridized carbons (Fsp3) is 0.500. The Labute approximate surface area is 165 Å². The lowest BCUT2D eigenvalue weighted by molar-refractivity contribution is -0.119. The lowest BCUT2D eigenvalue weighted by Crippen LogP contribution is -2.12. The van der Waals surface area contributed by atoms with Gasteiger partial charge in [-0.15, -0.1) is 0 Å². The van der Waals surface area contributed by atoms with Crippen LogP contribution in [0.1, 0.15) is 49.7 Å². The Morgan fingerprint density at radius 2 is 1.11 bits per heavy atom. The summed E-state index contributed by atoms with van der Waals surface area (Å²) in [5.41, 5.74) is 3.62. The Kier molecular flexibility index (Phi) is 4.18. The van der Waals surface area contributed by atoms with Gasteiger partial charge in [0.2, 0.25) is 0 Å². The van der Waals surface area contributed by atoms with Gasteiger partial charge in [-0.25, -0.2) is 0 Å². The van der Waals surface area contributed by atoms with E-state index in [2.05, 4.69) is 0 Å². The highest BCUT2D eigenvalue weighted by Gasteiger charge is 2.43. The topological polar surface area (TPSA) is 52.6 Å². The van der Waals surface area contributed by atoms with E-state index in [4.69, 9.17) is 9.47 Å². The third-order valence-electron chi connectivity index (χ3n) is 7.26. The maximum Gasteiger partial charge on any atom is 0.162 e. The van der Waals surface area contributed by atoms with E-state index >= 15 is 0 Å². The van der Waals surface area contributed by atoms with Gasteiger partial charge in [0.25, 0.3) is 0 Å². The van der Waals surface area contributed by atoms with Crippen molar-refractivity contribution in [3.8, 4) is 11.5 Å². The maximum atomic E-state index is 12.5. The molecule has 4 fully saturated rings. The van der Waals surface area contributed by atoms with Crippen molar-refractivity contribution in [2.45, 2.75) is 38.5 Å². The molecule has 0 aliphatic heterocycles. The fourth-order valence-electron chi connectivity index (χ4n) is 5.76. The second kappa shape index (κ2) is 6.61. The number of Topliss-reactive ketones (excluding diaryl/α,β-unsaturated/α-hetero) is 2. The SMILES string of the molecule is COc1cc(C=C2C(=O)C3CCC2C3)c(OC)cc1C=C1C(=O)C2CCC1C2. The summed E-state index contributed by atoms with van der Waals surface area (Å²) in [6.45, 7) is 0. The second-order valence-electron chi connectivity index (χ2n) is 8.68. The van der Waals surface area contributed by atoms with Gasteiger partial charge >= 0.3 is 0 Å². The summed E-state index contributed by atoms with van der Waals surface area (Å²) < 4.78 is 11.3. The molecule has 1 aromatic carbocycles. The summed E-state index contributed by atoms with van der Waals surface area (Å²) in [6.07, 6.45) is 10.3. The van der Waals surface area contributed by atoms with E-state index in [1.807, 2.05) is 24.3 Å². The Morgan fingerprint density at radius 3 is 1.43 bits per heavy atom. The molecule has 0 N–H and O–H groups in total. The van der Waals surface area contributed by atoms with E-state index in [0.717, 1.165) is 60.8 Å². The molecule has 146 valence electrons. The number of carbonyl (C=O) groups excluding carboxylic acids is 2. The van der Waals surface area contributed by atoms with Crippen LogP contribution in [-0.4, -0.2) is 25.8 Å². The minimum atomic E-state index is 0.219. The quantitative estimate of drug-likeness (QED) is 0.726. The van der Waals surface area contributed by atoms with Crippen LogP contribution in [0.4, 0.5) is 0 Å². The number of rotatable bonds is 4. The Balaban J connectivity index is 1.54. The molecule has 0 amide bonds. The molecule has 0 radical (unpaired) electrons. The molecule has 4 unspecified atom stereocenters. The summed E-state index contributed by atoms with van der Waals surface area (Å²) in [5.74, 6) is 3.25. The molecule has 4 heteroatoms. The number of hydrogen-bond donors (Lipinski definition) is 0. The Hall–Kier alpha value is -2.36. The van der Waals surface area contributed by atoms with Crippen molar-refractivity contribution in [2.24, 2.45) is 23.7 Å². The summed E-state index contributed by atoms with van der Waals surface area (Å²) >= 11 is 0. The number of ether oxygens (including phenoxy) is 2. The van der Waals surface area contributed by atoms with E-state index in [-0.39, 0.29) is 11.8 Å². The molecule has 28 heavy (non-hydrogen) atoms. The van der Waals surface area contributed by atoms with Crippen LogP contribution < -0.4 is 9.47 Å². The smallest absolute Gasteiger partial charge is 0.162 e. The molecule has 1 aromatic rings. The van der Waals surface area contributed by atoms with Crippen LogP contribution in [0.2, 0.25) is 0 Å². The zero-order valence-corrected chi connectivity index (χ0v) is 16.5. The Morgan fingerprint density at radius 1 is 0.714 bits per heavy atom. The first-order valence-electron chi connectivity index (χ1n) is 10.4. The van der Waals surface area contributed by atoms with E-state index in [9.17, 15) is 9.59 Å². The number of benzene rings is 1. The van der Waals surface area contributed by atoms with Crippen molar-refractivity contribution >= 4 is 23.7 Å². The Bertz CT molecular complexity index is 847. The molecule has 5 rings (SSSR count). The fourth-order valence-corrected chi connectivity index (χ4v) is 5.76. The molecule has 4 aliphatic rings. The lowest BCUT2D eigenvalue weighted by atomic mass is 9.90. The number of hydrogen-bond acceptors (Lipinski definition) is 4. The minimum absolute atomic E-state index is 0.219. The van der Waals surface area contributed by atoms with Crippen LogP contribution in [0.3, 0.4) is 0 Å². The van der Waals surface area contributed by atoms with E-state index in [1.54, 1.807) is 14.2 Å². The normalized spacial score (nSPS) is 33.5. The molecule has 0 heterocycles. The van der Waals surface area contributed by atoms with Crippen LogP contribution in [0.5, 0.6) is 11.5 Å². The van der Waals surface area contributed by atoms with Gasteiger partial charge in [0, 0.05) is 23.0 Å². The highest BCUT2D eigenvalue weighted by atomic mass is 16.5. The largest absolute Gasteiger partial charge is 0.496 e. The molecule has 4 bridgehead atoms. The van der Waals surface area contributed by atoms with E-state index in [1.165, 1.54) is 0 Å². The zero-order chi connectivity index (χ0) is 19.4. The summed E-state index contributed by atoms with van der Waals surface area (Å²) in [7, 11) is 3.29. The van der Waals surface area contributed by atoms with Crippen LogP contribution in [-0.2, 0) is 9.59 Å². The van der Waals surface area contributed by atoms with Gasteiger partial charge in [0.1, 0.15) is 11.5 Å². The van der Waals surface area contributed by atoms with Crippen LogP contribution in [0.25, 0.3) is 12.2 Å². The van der Waals surface area contributed by atoms with Crippen molar-refractivity contribution in [1.82, 2.24) is 0 Å². The molecular weight excluding hydrogens is 352 g/mol. The van der Waals surface area contributed by atoms with E-state index < -0.39 is 0 Å². The first-order valence-corrected chi connectivity index (χ1v) is 10.4. The minimum Gasteiger partial charge on any atom is -0.496 e. The first-order chi connectivity index (χ1) is 13.6. The van der Waals surface area contributed by atoms with Crippen molar-refractivity contribution in [3.63, 3.8) is 0 Å². The van der Waals surface area contributed by atoms with Crippen molar-refractivity contribution in [3.05, 3.63) is 34.4 Å². The molecule has 4 nitrogen and oxygen atoms in total. The number of methoxy groups -OCH3 is 2. The van der Waals surface area contributed by atoms with Crippen LogP contribution >= 0.6 is 0 Å². The standard InChI is InChI=1S/C24H26O4/c1-27-21-11-18(10-20-14-4-6-16(8-14)24(20)26)22(28-2)12-17(21)9-19-13-3-5-15(7-13)23(19)25/h9-16H,3-8H2,1-2H3. The third-order valence-corrected chi connectivity index (χ3v) is 7.26. The first kappa shape index (κ1) is 17.7. The van der Waals surface area contributed by atoms with Crippen LogP contribution in [0.15, 0.2) is 23.3 Å². The van der Waals surface area contributed by atoms with Crippen molar-refractivity contribution in [1.29, 1.82) is 0 Å². The van der Waals surface area contributed by atoms with Gasteiger partial charge in [0.05, 0.1) is 14.2 Å². The second-order valence-corrected chi connectivity index (χ2v) is 8.68. The molecule has 0 spiro atoms. The summed E-state index contributed by atoms with van der Waals surface area (Å²) in [4.78, 5) is 25.1. The van der Waals surface area contributed by atoms with Gasteiger partial charge < -0.3 is 9.47 Å². The highest BCUT2D eigenvalue weighted by molar-refractivity contribution is 6.06. The number of carbonyl (C=O) groups is 2. The van der Waals surface area contributed by atoms with Crippen molar-refractivity contribution in [2.75, 3.05) is 14.2 Å². The zero-order valence-electron chi connectivity index (χ0n) is 16.5. The number of ketones is 2.